The van der Waals surface area contributed by atoms with Gasteiger partial charge in [0, 0.05) is 17.0 Å². The third kappa shape index (κ3) is 1.80. The van der Waals surface area contributed by atoms with Gasteiger partial charge in [-0.25, -0.2) is 0 Å². The Bertz CT molecular complexity index is 134. The Kier molecular flexibility index (Phi) is 3.32. The molecule has 0 saturated carbocycles. The van der Waals surface area contributed by atoms with Crippen molar-refractivity contribution in [3.8, 4) is 0 Å². The van der Waals surface area contributed by atoms with Gasteiger partial charge in [-0.1, -0.05) is 20.8 Å². The normalized spacial score (nSPS) is 20.8. The maximum absolute atomic E-state index is 6.14. The summed E-state index contributed by atoms with van der Waals surface area (Å²) in [5, 5.41) is 0. The van der Waals surface area contributed by atoms with E-state index in [0.29, 0.717) is 5.92 Å². The van der Waals surface area contributed by atoms with Crippen molar-refractivity contribution in [1.29, 1.82) is 0 Å². The van der Waals surface area contributed by atoms with E-state index < -0.39 is 0 Å². The molecule has 0 aromatic carbocycles. The third-order valence-electron chi connectivity index (χ3n) is 3.53. The van der Waals surface area contributed by atoms with Crippen molar-refractivity contribution in [2.75, 3.05) is 0 Å². The molecule has 0 aliphatic heterocycles. The quantitative estimate of drug-likeness (QED) is 0.681. The number of nitrogens with two attached hydrogens (primary N) is 2. The Morgan fingerprint density at radius 2 is 1.33 bits per heavy atom. The molecule has 74 valence electrons. The molecule has 0 amide bonds. The Labute approximate surface area is 76.7 Å². The van der Waals surface area contributed by atoms with Gasteiger partial charge in [0.25, 0.3) is 0 Å². The largest absolute Gasteiger partial charge is 0.327 e. The summed E-state index contributed by atoms with van der Waals surface area (Å²) in [5.41, 5.74) is 11.9. The van der Waals surface area contributed by atoms with E-state index in [4.69, 9.17) is 11.5 Å². The van der Waals surface area contributed by atoms with Gasteiger partial charge >= 0.3 is 0 Å². The van der Waals surface area contributed by atoms with Gasteiger partial charge in [0.05, 0.1) is 0 Å². The van der Waals surface area contributed by atoms with E-state index in [1.165, 1.54) is 0 Å². The summed E-state index contributed by atoms with van der Waals surface area (Å²) < 4.78 is 0. The highest BCUT2D eigenvalue weighted by Crippen LogP contribution is 2.39. The van der Waals surface area contributed by atoms with Crippen LogP contribution < -0.4 is 11.5 Å². The molecule has 2 atom stereocenters. The van der Waals surface area contributed by atoms with Crippen molar-refractivity contribution < 1.29 is 0 Å². The Morgan fingerprint density at radius 3 is 1.33 bits per heavy atom. The second-order valence-corrected chi connectivity index (χ2v) is 4.95. The first kappa shape index (κ1) is 11.9. The van der Waals surface area contributed by atoms with Crippen molar-refractivity contribution in [3.63, 3.8) is 0 Å². The van der Waals surface area contributed by atoms with Crippen molar-refractivity contribution in [2.24, 2.45) is 22.8 Å². The van der Waals surface area contributed by atoms with Crippen LogP contribution >= 0.6 is 0 Å². The maximum atomic E-state index is 6.14. The molecule has 0 saturated heterocycles. The average Bonchev–Trinajstić information content (AvgIpc) is 1.82. The molecule has 0 radical (unpaired) electrons. The monoisotopic (exact) mass is 172 g/mol. The lowest BCUT2D eigenvalue weighted by Gasteiger charge is -2.48. The van der Waals surface area contributed by atoms with E-state index in [-0.39, 0.29) is 17.0 Å². The minimum atomic E-state index is -0.227. The van der Waals surface area contributed by atoms with E-state index in [2.05, 4.69) is 34.6 Å². The van der Waals surface area contributed by atoms with Gasteiger partial charge in [0.2, 0.25) is 0 Å². The van der Waals surface area contributed by atoms with Crippen LogP contribution in [-0.4, -0.2) is 11.6 Å². The lowest BCUT2D eigenvalue weighted by molar-refractivity contribution is 0.0791. The van der Waals surface area contributed by atoms with Gasteiger partial charge in [0.15, 0.2) is 0 Å². The first-order valence-corrected chi connectivity index (χ1v) is 4.68. The van der Waals surface area contributed by atoms with Crippen LogP contribution in [0.1, 0.15) is 41.5 Å². The zero-order chi connectivity index (χ0) is 10.2. The van der Waals surface area contributed by atoms with E-state index >= 15 is 0 Å². The van der Waals surface area contributed by atoms with Crippen LogP contribution in [0.2, 0.25) is 0 Å². The Balaban J connectivity index is 4.89. The van der Waals surface area contributed by atoms with Gasteiger partial charge < -0.3 is 11.5 Å². The van der Waals surface area contributed by atoms with Gasteiger partial charge in [0.1, 0.15) is 0 Å². The molecular weight excluding hydrogens is 148 g/mol. The van der Waals surface area contributed by atoms with E-state index in [0.717, 1.165) is 0 Å². The summed E-state index contributed by atoms with van der Waals surface area (Å²) in [4.78, 5) is 0. The van der Waals surface area contributed by atoms with Crippen LogP contribution in [0.15, 0.2) is 0 Å². The van der Waals surface area contributed by atoms with E-state index in [1.807, 2.05) is 6.92 Å². The van der Waals surface area contributed by atoms with Gasteiger partial charge in [-0.2, -0.15) is 0 Å². The van der Waals surface area contributed by atoms with E-state index in [9.17, 15) is 0 Å². The number of hydrogen-bond donors (Lipinski definition) is 2. The fraction of sp³-hybridized carbons (Fsp3) is 1.00. The highest BCUT2D eigenvalue weighted by Gasteiger charge is 2.43. The predicted octanol–water partition coefficient (Wildman–Crippen LogP) is 1.73. The minimum Gasteiger partial charge on any atom is -0.327 e. The van der Waals surface area contributed by atoms with Gasteiger partial charge in [-0.15, -0.1) is 0 Å². The summed E-state index contributed by atoms with van der Waals surface area (Å²) in [5.74, 6) is 0.498. The molecule has 12 heavy (non-hydrogen) atoms. The van der Waals surface area contributed by atoms with Crippen LogP contribution in [-0.2, 0) is 0 Å². The zero-order valence-corrected chi connectivity index (χ0v) is 9.31. The molecule has 0 aromatic heterocycles. The molecule has 0 rings (SSSR count). The van der Waals surface area contributed by atoms with Crippen molar-refractivity contribution in [1.82, 2.24) is 0 Å². The Hall–Kier alpha value is -0.0800. The molecule has 0 heterocycles. The van der Waals surface area contributed by atoms with Crippen LogP contribution in [0.4, 0.5) is 0 Å². The molecule has 0 aromatic rings. The molecular formula is C10H24N2. The van der Waals surface area contributed by atoms with Gasteiger partial charge in [-0.05, 0) is 26.7 Å². The van der Waals surface area contributed by atoms with Crippen LogP contribution in [0.5, 0.6) is 0 Å². The molecule has 0 aliphatic carbocycles. The average molecular weight is 172 g/mol. The summed E-state index contributed by atoms with van der Waals surface area (Å²) >= 11 is 0. The first-order valence-electron chi connectivity index (χ1n) is 4.68. The maximum Gasteiger partial charge on any atom is 0.0168 e. The third-order valence-corrected chi connectivity index (χ3v) is 3.53. The molecule has 0 aliphatic rings. The molecule has 2 unspecified atom stereocenters. The highest BCUT2D eigenvalue weighted by molar-refractivity contribution is 5.00. The molecule has 0 spiro atoms. The summed E-state index contributed by atoms with van der Waals surface area (Å²) in [6, 6.07) is 0.123. The standard InChI is InChI=1S/C10H24N2/c1-7(2)10(6,8(3)11)9(4,5)12/h7-8H,11-12H2,1-6H3. The minimum absolute atomic E-state index is 0.00694. The topological polar surface area (TPSA) is 52.0 Å². The smallest absolute Gasteiger partial charge is 0.0168 e. The fourth-order valence-corrected chi connectivity index (χ4v) is 1.86. The van der Waals surface area contributed by atoms with Crippen LogP contribution in [0, 0.1) is 11.3 Å². The second-order valence-electron chi connectivity index (χ2n) is 4.95. The first-order chi connectivity index (χ1) is 5.14. The molecule has 2 heteroatoms. The summed E-state index contributed by atoms with van der Waals surface area (Å²) in [6.07, 6.45) is 0. The van der Waals surface area contributed by atoms with Crippen molar-refractivity contribution in [2.45, 2.75) is 53.1 Å². The number of rotatable bonds is 3. The summed E-state index contributed by atoms with van der Waals surface area (Å²) in [7, 11) is 0. The predicted molar refractivity (Wildman–Crippen MR) is 54.9 cm³/mol. The van der Waals surface area contributed by atoms with Crippen molar-refractivity contribution in [3.05, 3.63) is 0 Å². The zero-order valence-electron chi connectivity index (χ0n) is 9.31. The van der Waals surface area contributed by atoms with Crippen LogP contribution in [0.3, 0.4) is 0 Å². The summed E-state index contributed by atoms with van der Waals surface area (Å²) in [6.45, 7) is 12.7. The van der Waals surface area contributed by atoms with Crippen LogP contribution in [0.25, 0.3) is 0 Å². The highest BCUT2D eigenvalue weighted by atomic mass is 14.8. The number of hydrogen-bond acceptors (Lipinski definition) is 2. The van der Waals surface area contributed by atoms with Crippen molar-refractivity contribution >= 4 is 0 Å². The molecule has 4 N–H and O–H groups in total. The molecule has 2 nitrogen and oxygen atoms in total. The Morgan fingerprint density at radius 1 is 1.00 bits per heavy atom. The molecule has 0 bridgehead atoms. The lowest BCUT2D eigenvalue weighted by atomic mass is 9.62. The van der Waals surface area contributed by atoms with Gasteiger partial charge in [-0.3, -0.25) is 0 Å². The SMILES string of the molecule is CC(C)C(C)(C(C)N)C(C)(C)N. The lowest BCUT2D eigenvalue weighted by Crippen LogP contribution is -2.59. The second kappa shape index (κ2) is 3.35. The van der Waals surface area contributed by atoms with E-state index in [1.54, 1.807) is 0 Å². The molecule has 0 fully saturated rings. The fourth-order valence-electron chi connectivity index (χ4n) is 1.86.